The highest BCUT2D eigenvalue weighted by molar-refractivity contribution is 7.12. The van der Waals surface area contributed by atoms with Gasteiger partial charge in [-0.2, -0.15) is 0 Å². The molecular weight excluding hydrogens is 258 g/mol. The van der Waals surface area contributed by atoms with E-state index in [-0.39, 0.29) is 17.2 Å². The number of carbonyl (C=O) groups excluding carboxylic acids is 1. The van der Waals surface area contributed by atoms with Crippen LogP contribution in [-0.4, -0.2) is 23.7 Å². The molecule has 19 heavy (non-hydrogen) atoms. The normalized spacial score (nSPS) is 13.6. The Bertz CT molecular complexity index is 424. The van der Waals surface area contributed by atoms with E-state index in [1.807, 2.05) is 46.8 Å². The van der Waals surface area contributed by atoms with Gasteiger partial charge in [0.2, 0.25) is 5.91 Å². The van der Waals surface area contributed by atoms with Crippen molar-refractivity contribution in [2.45, 2.75) is 47.1 Å². The molecule has 1 atom stereocenters. The lowest BCUT2D eigenvalue weighted by Crippen LogP contribution is -2.43. The van der Waals surface area contributed by atoms with Gasteiger partial charge < -0.3 is 10.4 Å². The largest absolute Gasteiger partial charge is 0.392 e. The molecule has 0 saturated heterocycles. The fourth-order valence-electron chi connectivity index (χ4n) is 2.13. The lowest BCUT2D eigenvalue weighted by Gasteiger charge is -2.33. The van der Waals surface area contributed by atoms with Gasteiger partial charge in [-0.05, 0) is 25.0 Å². The van der Waals surface area contributed by atoms with Crippen molar-refractivity contribution < 1.29 is 9.90 Å². The Morgan fingerprint density at radius 1 is 1.42 bits per heavy atom. The quantitative estimate of drug-likeness (QED) is 0.843. The van der Waals surface area contributed by atoms with Crippen LogP contribution in [0, 0.1) is 18.3 Å². The average molecular weight is 283 g/mol. The van der Waals surface area contributed by atoms with E-state index in [0.717, 1.165) is 4.88 Å². The van der Waals surface area contributed by atoms with Crippen LogP contribution < -0.4 is 5.32 Å². The maximum Gasteiger partial charge on any atom is 0.225 e. The van der Waals surface area contributed by atoms with Crippen molar-refractivity contribution in [3.8, 4) is 0 Å². The zero-order chi connectivity index (χ0) is 14.6. The fourth-order valence-corrected chi connectivity index (χ4v) is 3.02. The van der Waals surface area contributed by atoms with Crippen molar-refractivity contribution in [3.63, 3.8) is 0 Å². The van der Waals surface area contributed by atoms with E-state index in [4.69, 9.17) is 0 Å². The van der Waals surface area contributed by atoms with Crippen molar-refractivity contribution in [1.29, 1.82) is 0 Å². The van der Waals surface area contributed by atoms with Gasteiger partial charge in [0.25, 0.3) is 0 Å². The summed E-state index contributed by atoms with van der Waals surface area (Å²) in [5.41, 5.74) is -0.310. The summed E-state index contributed by atoms with van der Waals surface area (Å²) in [5, 5.41) is 13.0. The van der Waals surface area contributed by atoms with Gasteiger partial charge in [0, 0.05) is 21.7 Å². The van der Waals surface area contributed by atoms with Crippen molar-refractivity contribution >= 4 is 17.2 Å². The molecule has 1 aromatic rings. The van der Waals surface area contributed by atoms with Crippen LogP contribution in [0.3, 0.4) is 0 Å². The number of nitrogens with one attached hydrogen (secondary N) is 1. The molecule has 0 spiro atoms. The minimum Gasteiger partial charge on any atom is -0.392 e. The number of aryl methyl sites for hydroxylation is 1. The molecule has 1 rings (SSSR count). The number of amides is 1. The molecule has 1 amide bonds. The number of aliphatic hydroxyl groups is 1. The summed E-state index contributed by atoms with van der Waals surface area (Å²) in [4.78, 5) is 14.2. The van der Waals surface area contributed by atoms with Gasteiger partial charge in [-0.1, -0.05) is 27.7 Å². The van der Waals surface area contributed by atoms with Crippen LogP contribution in [0.4, 0.5) is 0 Å². The van der Waals surface area contributed by atoms with Crippen molar-refractivity contribution in [1.82, 2.24) is 5.32 Å². The van der Waals surface area contributed by atoms with Gasteiger partial charge >= 0.3 is 0 Å². The maximum atomic E-state index is 11.9. The molecular formula is C15H25NO2S. The zero-order valence-corrected chi connectivity index (χ0v) is 13.3. The molecule has 0 aliphatic heterocycles. The first-order valence-corrected chi connectivity index (χ1v) is 7.54. The fraction of sp³-hybridized carbons (Fsp3) is 0.667. The first-order chi connectivity index (χ1) is 8.72. The summed E-state index contributed by atoms with van der Waals surface area (Å²) < 4.78 is 0. The van der Waals surface area contributed by atoms with Crippen LogP contribution in [0.5, 0.6) is 0 Å². The van der Waals surface area contributed by atoms with E-state index in [2.05, 4.69) is 5.32 Å². The molecule has 0 saturated carbocycles. The van der Waals surface area contributed by atoms with Gasteiger partial charge in [-0.3, -0.25) is 4.79 Å². The predicted octanol–water partition coefficient (Wildman–Crippen LogP) is 2.76. The van der Waals surface area contributed by atoms with E-state index in [1.54, 1.807) is 11.3 Å². The Morgan fingerprint density at radius 3 is 2.53 bits per heavy atom. The van der Waals surface area contributed by atoms with Crippen LogP contribution in [0.2, 0.25) is 0 Å². The lowest BCUT2D eigenvalue weighted by atomic mass is 9.80. The number of thiophene rings is 1. The summed E-state index contributed by atoms with van der Waals surface area (Å²) >= 11 is 1.65. The maximum absolute atomic E-state index is 11.9. The molecule has 4 heteroatoms. The SMILES string of the molecule is Cc1ccc(CC(=O)NCC(C)(C)C(O)C(C)C)s1. The number of carbonyl (C=O) groups is 1. The standard InChI is InChI=1S/C15H25NO2S/c1-10(2)14(18)15(4,5)9-16-13(17)8-12-7-6-11(3)19-12/h6-7,10,14,18H,8-9H2,1-5H3,(H,16,17). The summed E-state index contributed by atoms with van der Waals surface area (Å²) in [5.74, 6) is 0.206. The summed E-state index contributed by atoms with van der Waals surface area (Å²) in [6.07, 6.45) is 0.00333. The Morgan fingerprint density at radius 2 is 2.05 bits per heavy atom. The lowest BCUT2D eigenvalue weighted by molar-refractivity contribution is -0.121. The van der Waals surface area contributed by atoms with Gasteiger partial charge in [-0.25, -0.2) is 0 Å². The molecule has 0 radical (unpaired) electrons. The summed E-state index contributed by atoms with van der Waals surface area (Å²) in [6, 6.07) is 4.02. The molecule has 3 nitrogen and oxygen atoms in total. The van der Waals surface area contributed by atoms with E-state index < -0.39 is 6.10 Å². The molecule has 1 heterocycles. The van der Waals surface area contributed by atoms with Crippen LogP contribution in [0.1, 0.15) is 37.4 Å². The second kappa shape index (κ2) is 6.53. The molecule has 108 valence electrons. The van der Waals surface area contributed by atoms with E-state index in [9.17, 15) is 9.90 Å². The molecule has 0 aliphatic rings. The van der Waals surface area contributed by atoms with Gasteiger partial charge in [0.1, 0.15) is 0 Å². The van der Waals surface area contributed by atoms with Gasteiger partial charge in [0.15, 0.2) is 0 Å². The minimum absolute atomic E-state index is 0.0193. The van der Waals surface area contributed by atoms with Crippen molar-refractivity contribution in [2.75, 3.05) is 6.54 Å². The number of hydrogen-bond acceptors (Lipinski definition) is 3. The van der Waals surface area contributed by atoms with Crippen LogP contribution in [-0.2, 0) is 11.2 Å². The highest BCUT2D eigenvalue weighted by Crippen LogP contribution is 2.25. The molecule has 0 aliphatic carbocycles. The highest BCUT2D eigenvalue weighted by atomic mass is 32.1. The average Bonchev–Trinajstić information content (AvgIpc) is 2.71. The minimum atomic E-state index is -0.420. The molecule has 1 aromatic heterocycles. The molecule has 0 aromatic carbocycles. The highest BCUT2D eigenvalue weighted by Gasteiger charge is 2.30. The summed E-state index contributed by atoms with van der Waals surface area (Å²) in [7, 11) is 0. The van der Waals surface area contributed by atoms with Gasteiger partial charge in [0.05, 0.1) is 12.5 Å². The number of rotatable bonds is 6. The van der Waals surface area contributed by atoms with Crippen LogP contribution in [0.25, 0.3) is 0 Å². The van der Waals surface area contributed by atoms with Crippen LogP contribution >= 0.6 is 11.3 Å². The van der Waals surface area contributed by atoms with E-state index in [0.29, 0.717) is 13.0 Å². The van der Waals surface area contributed by atoms with E-state index >= 15 is 0 Å². The van der Waals surface area contributed by atoms with Crippen molar-refractivity contribution in [3.05, 3.63) is 21.9 Å². The molecule has 1 unspecified atom stereocenters. The number of aliphatic hydroxyl groups excluding tert-OH is 1. The first-order valence-electron chi connectivity index (χ1n) is 6.72. The third-order valence-corrected chi connectivity index (χ3v) is 4.30. The first kappa shape index (κ1) is 16.2. The second-order valence-electron chi connectivity index (χ2n) is 6.14. The van der Waals surface area contributed by atoms with Crippen molar-refractivity contribution in [2.24, 2.45) is 11.3 Å². The second-order valence-corrected chi connectivity index (χ2v) is 7.52. The van der Waals surface area contributed by atoms with E-state index in [1.165, 1.54) is 4.88 Å². The Balaban J connectivity index is 2.45. The Kier molecular flexibility index (Phi) is 5.56. The molecule has 0 bridgehead atoms. The van der Waals surface area contributed by atoms with Gasteiger partial charge in [-0.15, -0.1) is 11.3 Å². The third kappa shape index (κ3) is 4.96. The topological polar surface area (TPSA) is 49.3 Å². The smallest absolute Gasteiger partial charge is 0.225 e. The number of hydrogen-bond donors (Lipinski definition) is 2. The predicted molar refractivity (Wildman–Crippen MR) is 80.4 cm³/mol. The Labute approximate surface area is 120 Å². The Hall–Kier alpha value is -0.870. The monoisotopic (exact) mass is 283 g/mol. The third-order valence-electron chi connectivity index (χ3n) is 3.30. The summed E-state index contributed by atoms with van der Waals surface area (Å²) in [6.45, 7) is 10.5. The molecule has 0 fully saturated rings. The zero-order valence-electron chi connectivity index (χ0n) is 12.5. The van der Waals surface area contributed by atoms with Crippen LogP contribution in [0.15, 0.2) is 12.1 Å². The molecule has 2 N–H and O–H groups in total.